The number of aryl methyl sites for hydroxylation is 1. The number of hydrogen-bond acceptors (Lipinski definition) is 4. The Morgan fingerprint density at radius 3 is 2.94 bits per heavy atom. The van der Waals surface area contributed by atoms with E-state index in [1.807, 2.05) is 13.0 Å². The van der Waals surface area contributed by atoms with Gasteiger partial charge in [0.25, 0.3) is 0 Å². The van der Waals surface area contributed by atoms with Crippen LogP contribution in [0, 0.1) is 18.8 Å². The van der Waals surface area contributed by atoms with Crippen molar-refractivity contribution in [3.05, 3.63) is 18.1 Å². The van der Waals surface area contributed by atoms with Crippen LogP contribution in [0.4, 0.5) is 5.82 Å². The minimum Gasteiger partial charge on any atom is -0.393 e. The third-order valence-corrected chi connectivity index (χ3v) is 3.93. The predicted molar refractivity (Wildman–Crippen MR) is 61.2 cm³/mol. The molecule has 2 aliphatic rings. The lowest BCUT2D eigenvalue weighted by molar-refractivity contribution is 0.133. The fourth-order valence-corrected chi connectivity index (χ4v) is 3.04. The molecule has 86 valence electrons. The Kier molecular flexibility index (Phi) is 2.32. The van der Waals surface area contributed by atoms with Crippen LogP contribution in [0.15, 0.2) is 12.4 Å². The van der Waals surface area contributed by atoms with E-state index in [9.17, 15) is 5.11 Å². The molecule has 1 saturated carbocycles. The van der Waals surface area contributed by atoms with Crippen molar-refractivity contribution in [1.82, 2.24) is 9.97 Å². The van der Waals surface area contributed by atoms with Gasteiger partial charge < -0.3 is 10.0 Å². The Balaban J connectivity index is 1.79. The average Bonchev–Trinajstić information content (AvgIpc) is 2.81. The molecule has 1 aromatic heterocycles. The summed E-state index contributed by atoms with van der Waals surface area (Å²) in [7, 11) is 0. The molecular weight excluding hydrogens is 202 g/mol. The number of fused-ring (bicyclic) bond motifs is 1. The summed E-state index contributed by atoms with van der Waals surface area (Å²) in [6.07, 6.45) is 3.66. The van der Waals surface area contributed by atoms with Crippen LogP contribution in [0.5, 0.6) is 0 Å². The molecule has 0 amide bonds. The SMILES string of the molecule is Cc1cc(N2CC3CCC(O)C3C2)ncn1. The van der Waals surface area contributed by atoms with E-state index in [0.717, 1.165) is 37.4 Å². The highest BCUT2D eigenvalue weighted by molar-refractivity contribution is 5.40. The predicted octanol–water partition coefficient (Wildman–Crippen LogP) is 0.992. The molecule has 3 unspecified atom stereocenters. The number of aliphatic hydroxyl groups is 1. The summed E-state index contributed by atoms with van der Waals surface area (Å²) in [5, 5.41) is 9.86. The lowest BCUT2D eigenvalue weighted by atomic mass is 10.00. The molecule has 2 heterocycles. The first-order valence-corrected chi connectivity index (χ1v) is 5.95. The summed E-state index contributed by atoms with van der Waals surface area (Å²) in [4.78, 5) is 10.7. The number of aromatic nitrogens is 2. The van der Waals surface area contributed by atoms with Gasteiger partial charge in [0.2, 0.25) is 0 Å². The molecule has 1 aromatic rings. The second kappa shape index (κ2) is 3.70. The van der Waals surface area contributed by atoms with E-state index >= 15 is 0 Å². The first-order valence-electron chi connectivity index (χ1n) is 5.95. The van der Waals surface area contributed by atoms with Crippen molar-refractivity contribution in [1.29, 1.82) is 0 Å². The van der Waals surface area contributed by atoms with Crippen molar-refractivity contribution in [3.8, 4) is 0 Å². The number of hydrogen-bond donors (Lipinski definition) is 1. The zero-order valence-corrected chi connectivity index (χ0v) is 9.50. The van der Waals surface area contributed by atoms with E-state index in [1.54, 1.807) is 6.33 Å². The summed E-state index contributed by atoms with van der Waals surface area (Å²) in [5.41, 5.74) is 1.00. The molecule has 1 saturated heterocycles. The maximum atomic E-state index is 9.86. The molecule has 0 radical (unpaired) electrons. The standard InChI is InChI=1S/C12H17N3O/c1-8-4-12(14-7-13-8)15-5-9-2-3-11(16)10(9)6-15/h4,7,9-11,16H,2-3,5-6H2,1H3. The Bertz CT molecular complexity index is 396. The molecule has 0 aromatic carbocycles. The maximum Gasteiger partial charge on any atom is 0.132 e. The number of anilines is 1. The van der Waals surface area contributed by atoms with Crippen LogP contribution in [-0.2, 0) is 0 Å². The van der Waals surface area contributed by atoms with Gasteiger partial charge in [-0.1, -0.05) is 0 Å². The first kappa shape index (κ1) is 10.0. The fraction of sp³-hybridized carbons (Fsp3) is 0.667. The molecular formula is C12H17N3O. The highest BCUT2D eigenvalue weighted by atomic mass is 16.3. The molecule has 16 heavy (non-hydrogen) atoms. The van der Waals surface area contributed by atoms with Crippen molar-refractivity contribution >= 4 is 5.82 Å². The van der Waals surface area contributed by atoms with Crippen LogP contribution in [0.2, 0.25) is 0 Å². The third kappa shape index (κ3) is 1.57. The largest absolute Gasteiger partial charge is 0.393 e. The van der Waals surface area contributed by atoms with Gasteiger partial charge in [0.15, 0.2) is 0 Å². The summed E-state index contributed by atoms with van der Waals surface area (Å²) in [6, 6.07) is 2.02. The van der Waals surface area contributed by atoms with Gasteiger partial charge in [-0.05, 0) is 25.7 Å². The van der Waals surface area contributed by atoms with Gasteiger partial charge in [0.05, 0.1) is 6.10 Å². The average molecular weight is 219 g/mol. The van der Waals surface area contributed by atoms with E-state index in [1.165, 1.54) is 0 Å². The summed E-state index contributed by atoms with van der Waals surface area (Å²) < 4.78 is 0. The summed E-state index contributed by atoms with van der Waals surface area (Å²) in [6.45, 7) is 3.97. The molecule has 4 heteroatoms. The van der Waals surface area contributed by atoms with Gasteiger partial charge in [-0.2, -0.15) is 0 Å². The highest BCUT2D eigenvalue weighted by Crippen LogP contribution is 2.39. The molecule has 2 fully saturated rings. The van der Waals surface area contributed by atoms with E-state index in [4.69, 9.17) is 0 Å². The number of rotatable bonds is 1. The molecule has 1 aliphatic carbocycles. The van der Waals surface area contributed by atoms with Crippen molar-refractivity contribution in [2.45, 2.75) is 25.9 Å². The van der Waals surface area contributed by atoms with Crippen molar-refractivity contribution in [2.75, 3.05) is 18.0 Å². The molecule has 0 spiro atoms. The van der Waals surface area contributed by atoms with E-state index in [2.05, 4.69) is 14.9 Å². The molecule has 3 rings (SSSR count). The van der Waals surface area contributed by atoms with Gasteiger partial charge in [-0.3, -0.25) is 0 Å². The van der Waals surface area contributed by atoms with Gasteiger partial charge in [0.1, 0.15) is 12.1 Å². The summed E-state index contributed by atoms with van der Waals surface area (Å²) >= 11 is 0. The van der Waals surface area contributed by atoms with Crippen molar-refractivity contribution < 1.29 is 5.11 Å². The van der Waals surface area contributed by atoms with Crippen LogP contribution < -0.4 is 4.90 Å². The highest BCUT2D eigenvalue weighted by Gasteiger charge is 2.42. The molecule has 1 aliphatic heterocycles. The lowest BCUT2D eigenvalue weighted by Crippen LogP contribution is -2.25. The van der Waals surface area contributed by atoms with Gasteiger partial charge >= 0.3 is 0 Å². The Labute approximate surface area is 95.3 Å². The van der Waals surface area contributed by atoms with Crippen LogP contribution in [-0.4, -0.2) is 34.3 Å². The van der Waals surface area contributed by atoms with E-state index < -0.39 is 0 Å². The quantitative estimate of drug-likeness (QED) is 0.765. The molecule has 4 nitrogen and oxygen atoms in total. The minimum atomic E-state index is -0.0991. The summed E-state index contributed by atoms with van der Waals surface area (Å²) in [5.74, 6) is 2.12. The normalized spacial score (nSPS) is 33.1. The van der Waals surface area contributed by atoms with Gasteiger partial charge in [0, 0.05) is 30.8 Å². The Morgan fingerprint density at radius 1 is 1.31 bits per heavy atom. The monoisotopic (exact) mass is 219 g/mol. The Hall–Kier alpha value is -1.16. The molecule has 0 bridgehead atoms. The fourth-order valence-electron chi connectivity index (χ4n) is 3.04. The van der Waals surface area contributed by atoms with Crippen molar-refractivity contribution in [2.24, 2.45) is 11.8 Å². The topological polar surface area (TPSA) is 49.2 Å². The molecule has 1 N–H and O–H groups in total. The minimum absolute atomic E-state index is 0.0991. The van der Waals surface area contributed by atoms with Crippen LogP contribution in [0.3, 0.4) is 0 Å². The number of nitrogens with zero attached hydrogens (tertiary/aromatic N) is 3. The van der Waals surface area contributed by atoms with Crippen LogP contribution in [0.25, 0.3) is 0 Å². The smallest absolute Gasteiger partial charge is 0.132 e. The maximum absolute atomic E-state index is 9.86. The third-order valence-electron chi connectivity index (χ3n) is 3.93. The van der Waals surface area contributed by atoms with E-state index in [-0.39, 0.29) is 6.10 Å². The van der Waals surface area contributed by atoms with Gasteiger partial charge in [-0.15, -0.1) is 0 Å². The zero-order valence-electron chi connectivity index (χ0n) is 9.50. The van der Waals surface area contributed by atoms with Crippen LogP contribution >= 0.6 is 0 Å². The number of aliphatic hydroxyl groups excluding tert-OH is 1. The van der Waals surface area contributed by atoms with Gasteiger partial charge in [-0.25, -0.2) is 9.97 Å². The van der Waals surface area contributed by atoms with E-state index in [0.29, 0.717) is 11.8 Å². The molecule has 3 atom stereocenters. The first-order chi connectivity index (χ1) is 7.74. The van der Waals surface area contributed by atoms with Crippen molar-refractivity contribution in [3.63, 3.8) is 0 Å². The Morgan fingerprint density at radius 2 is 2.19 bits per heavy atom. The second-order valence-electron chi connectivity index (χ2n) is 4.99. The van der Waals surface area contributed by atoms with Crippen LogP contribution in [0.1, 0.15) is 18.5 Å². The second-order valence-corrected chi connectivity index (χ2v) is 4.99. The lowest BCUT2D eigenvalue weighted by Gasteiger charge is -2.19. The zero-order chi connectivity index (χ0) is 11.1.